The lowest BCUT2D eigenvalue weighted by atomic mass is 10.5. The van der Waals surface area contributed by atoms with Crippen molar-refractivity contribution in [2.75, 3.05) is 13.2 Å². The first-order valence-electron chi connectivity index (χ1n) is 5.98. The van der Waals surface area contributed by atoms with Crippen LogP contribution >= 0.6 is 0 Å². The molecule has 0 radical (unpaired) electrons. The highest BCUT2D eigenvalue weighted by Gasteiger charge is 1.95. The van der Waals surface area contributed by atoms with Crippen molar-refractivity contribution in [1.29, 1.82) is 0 Å². The third-order valence-electron chi connectivity index (χ3n) is 1.46. The van der Waals surface area contributed by atoms with Crippen molar-refractivity contribution >= 4 is 23.9 Å². The topological polar surface area (TPSA) is 127 Å². The molecule has 0 fully saturated rings. The van der Waals surface area contributed by atoms with Crippen molar-refractivity contribution in [3.05, 3.63) is 24.3 Å². The third kappa shape index (κ3) is 19.9. The van der Waals surface area contributed by atoms with Gasteiger partial charge in [-0.2, -0.15) is 0 Å². The minimum Gasteiger partial charge on any atom is -0.478 e. The zero-order valence-electron chi connectivity index (χ0n) is 11.8. The molecule has 0 aliphatic rings. The number of hydrogen-bond acceptors (Lipinski definition) is 6. The average molecular weight is 302 g/mol. The fourth-order valence-corrected chi connectivity index (χ4v) is 0.720. The summed E-state index contributed by atoms with van der Waals surface area (Å²) < 4.78 is 8.96. The van der Waals surface area contributed by atoms with Gasteiger partial charge in [-0.25, -0.2) is 19.2 Å². The molecule has 0 saturated heterocycles. The predicted molar refractivity (Wildman–Crippen MR) is 71.4 cm³/mol. The summed E-state index contributed by atoms with van der Waals surface area (Å²) in [5, 5.41) is 16.1. The van der Waals surface area contributed by atoms with Crippen LogP contribution in [0.5, 0.6) is 0 Å². The molecule has 0 heterocycles. The highest BCUT2D eigenvalue weighted by molar-refractivity contribution is 5.91. The number of hydrogen-bond donors (Lipinski definition) is 2. The van der Waals surface area contributed by atoms with Crippen molar-refractivity contribution in [2.45, 2.75) is 20.3 Å². The molecule has 0 aliphatic heterocycles. The molecule has 0 saturated carbocycles. The molecule has 0 amide bonds. The average Bonchev–Trinajstić information content (AvgIpc) is 2.41. The highest BCUT2D eigenvalue weighted by Crippen LogP contribution is 1.84. The van der Waals surface area contributed by atoms with Crippen molar-refractivity contribution in [1.82, 2.24) is 0 Å². The van der Waals surface area contributed by atoms with Gasteiger partial charge in [0, 0.05) is 24.3 Å². The minimum absolute atomic E-state index is 0.253. The number of ether oxygens (including phenoxy) is 2. The van der Waals surface area contributed by atoms with Crippen molar-refractivity contribution in [3.8, 4) is 0 Å². The van der Waals surface area contributed by atoms with E-state index >= 15 is 0 Å². The first-order valence-corrected chi connectivity index (χ1v) is 5.98. The molecule has 0 bridgehead atoms. The first-order chi connectivity index (χ1) is 9.83. The summed E-state index contributed by atoms with van der Waals surface area (Å²) in [6.45, 7) is 4.08. The van der Waals surface area contributed by atoms with Crippen LogP contribution in [-0.4, -0.2) is 47.3 Å². The van der Waals surface area contributed by atoms with Crippen LogP contribution in [0.1, 0.15) is 20.3 Å². The van der Waals surface area contributed by atoms with E-state index in [1.807, 2.05) is 6.92 Å². The van der Waals surface area contributed by atoms with E-state index in [2.05, 4.69) is 9.47 Å². The molecule has 118 valence electrons. The molecule has 0 unspecified atom stereocenters. The zero-order valence-corrected chi connectivity index (χ0v) is 11.8. The molecule has 0 rings (SSSR count). The second-order valence-corrected chi connectivity index (χ2v) is 3.26. The molecule has 0 aliphatic carbocycles. The number of carboxylic acid groups (broad SMARTS) is 2. The van der Waals surface area contributed by atoms with Gasteiger partial charge < -0.3 is 19.7 Å². The van der Waals surface area contributed by atoms with Gasteiger partial charge in [-0.15, -0.1) is 0 Å². The van der Waals surface area contributed by atoms with Crippen LogP contribution in [0.4, 0.5) is 0 Å². The van der Waals surface area contributed by atoms with Crippen LogP contribution < -0.4 is 0 Å². The van der Waals surface area contributed by atoms with Crippen LogP contribution in [0.2, 0.25) is 0 Å². The van der Waals surface area contributed by atoms with Gasteiger partial charge >= 0.3 is 23.9 Å². The van der Waals surface area contributed by atoms with Crippen LogP contribution in [-0.2, 0) is 28.7 Å². The summed E-state index contributed by atoms with van der Waals surface area (Å²) in [5.74, 6) is -3.56. The fraction of sp³-hybridized carbons (Fsp3) is 0.385. The Kier molecular flexibility index (Phi) is 13.6. The lowest BCUT2D eigenvalue weighted by molar-refractivity contribution is -0.139. The number of rotatable bonds is 7. The Morgan fingerprint density at radius 3 is 1.57 bits per heavy atom. The van der Waals surface area contributed by atoms with Crippen LogP contribution in [0.25, 0.3) is 0 Å². The molecule has 0 aromatic carbocycles. The molecule has 0 aromatic rings. The van der Waals surface area contributed by atoms with Gasteiger partial charge in [-0.05, 0) is 13.3 Å². The summed E-state index contributed by atoms with van der Waals surface area (Å²) in [5.41, 5.74) is 0. The smallest absolute Gasteiger partial charge is 0.331 e. The van der Waals surface area contributed by atoms with Gasteiger partial charge in [0.05, 0.1) is 13.2 Å². The van der Waals surface area contributed by atoms with E-state index in [-0.39, 0.29) is 6.61 Å². The van der Waals surface area contributed by atoms with Crippen molar-refractivity contribution < 1.29 is 38.9 Å². The second kappa shape index (κ2) is 13.8. The van der Waals surface area contributed by atoms with Gasteiger partial charge in [0.15, 0.2) is 0 Å². The Morgan fingerprint density at radius 1 is 0.810 bits per heavy atom. The lowest BCUT2D eigenvalue weighted by Crippen LogP contribution is -2.02. The van der Waals surface area contributed by atoms with E-state index in [1.54, 1.807) is 6.92 Å². The largest absolute Gasteiger partial charge is 0.478 e. The van der Waals surface area contributed by atoms with Gasteiger partial charge in [0.2, 0.25) is 0 Å². The van der Waals surface area contributed by atoms with E-state index < -0.39 is 23.9 Å². The maximum Gasteiger partial charge on any atom is 0.331 e. The minimum atomic E-state index is -1.16. The molecule has 0 spiro atoms. The van der Waals surface area contributed by atoms with Gasteiger partial charge in [0.1, 0.15) is 0 Å². The van der Waals surface area contributed by atoms with Crippen LogP contribution in [0.15, 0.2) is 24.3 Å². The van der Waals surface area contributed by atoms with Crippen molar-refractivity contribution in [2.24, 2.45) is 0 Å². The maximum atomic E-state index is 10.5. The van der Waals surface area contributed by atoms with Gasteiger partial charge in [0.25, 0.3) is 0 Å². The molecular weight excluding hydrogens is 284 g/mol. The number of carbonyl (C=O) groups excluding carboxylic acids is 2. The van der Waals surface area contributed by atoms with Crippen LogP contribution in [0.3, 0.4) is 0 Å². The summed E-state index contributed by atoms with van der Waals surface area (Å²) in [6, 6.07) is 0. The van der Waals surface area contributed by atoms with E-state index in [9.17, 15) is 19.2 Å². The predicted octanol–water partition coefficient (Wildman–Crippen LogP) is 0.771. The Bertz CT molecular complexity index is 408. The van der Waals surface area contributed by atoms with Crippen molar-refractivity contribution in [3.63, 3.8) is 0 Å². The third-order valence-corrected chi connectivity index (χ3v) is 1.46. The fourth-order valence-electron chi connectivity index (χ4n) is 0.720. The Morgan fingerprint density at radius 2 is 1.24 bits per heavy atom. The molecule has 0 aromatic heterocycles. The normalized spacial score (nSPS) is 9.81. The van der Waals surface area contributed by atoms with E-state index in [1.165, 1.54) is 0 Å². The monoisotopic (exact) mass is 302 g/mol. The maximum absolute atomic E-state index is 10.5. The molecule has 8 heteroatoms. The SMILES string of the molecule is CCCOC(=O)/C=C\C(=O)O.CCOC(=O)/C=C/C(=O)O. The summed E-state index contributed by atoms with van der Waals surface area (Å²) in [4.78, 5) is 40.6. The first kappa shape index (κ1) is 20.7. The number of esters is 2. The summed E-state index contributed by atoms with van der Waals surface area (Å²) in [7, 11) is 0. The number of aliphatic carboxylic acids is 2. The highest BCUT2D eigenvalue weighted by atomic mass is 16.5. The number of carboxylic acids is 2. The van der Waals surface area contributed by atoms with Gasteiger partial charge in [-0.3, -0.25) is 0 Å². The molecular formula is C13H18O8. The second-order valence-electron chi connectivity index (χ2n) is 3.26. The molecule has 0 atom stereocenters. The van der Waals surface area contributed by atoms with Crippen LogP contribution in [0, 0.1) is 0 Å². The Hall–Kier alpha value is -2.64. The Balaban J connectivity index is 0. The van der Waals surface area contributed by atoms with E-state index in [0.717, 1.165) is 30.7 Å². The van der Waals surface area contributed by atoms with E-state index in [4.69, 9.17) is 10.2 Å². The molecule has 8 nitrogen and oxygen atoms in total. The summed E-state index contributed by atoms with van der Waals surface area (Å²) >= 11 is 0. The van der Waals surface area contributed by atoms with Gasteiger partial charge in [-0.1, -0.05) is 6.92 Å². The molecule has 2 N–H and O–H groups in total. The lowest BCUT2D eigenvalue weighted by Gasteiger charge is -1.95. The quantitative estimate of drug-likeness (QED) is 0.521. The molecule has 21 heavy (non-hydrogen) atoms. The summed E-state index contributed by atoms with van der Waals surface area (Å²) in [6.07, 6.45) is 3.96. The van der Waals surface area contributed by atoms with E-state index in [0.29, 0.717) is 6.61 Å². The standard InChI is InChI=1S/C7H10O4.C6H8O4/c1-2-5-11-7(10)4-3-6(8)9;1-2-10-6(9)4-3-5(7)8/h3-4H,2,5H2,1H3,(H,8,9);3-4H,2H2,1H3,(H,7,8)/b4-3-;4-3+. The Labute approximate surface area is 121 Å². The number of carbonyl (C=O) groups is 4. The zero-order chi connectivity index (χ0) is 16.7.